The van der Waals surface area contributed by atoms with Gasteiger partial charge in [-0.25, -0.2) is 0 Å². The van der Waals surface area contributed by atoms with Crippen molar-refractivity contribution in [3.05, 3.63) is 64.7 Å². The summed E-state index contributed by atoms with van der Waals surface area (Å²) in [5.41, 5.74) is 8.27. The average molecular weight is 426 g/mol. The van der Waals surface area contributed by atoms with Gasteiger partial charge >= 0.3 is 0 Å². The molecule has 0 saturated carbocycles. The van der Waals surface area contributed by atoms with E-state index in [0.29, 0.717) is 11.3 Å². The molecule has 2 rings (SSSR count). The molecule has 0 saturated heterocycles. The first kappa shape index (κ1) is 23.9. The highest BCUT2D eigenvalue weighted by Gasteiger charge is 2.26. The lowest BCUT2D eigenvalue weighted by molar-refractivity contribution is -0.133. The third-order valence-electron chi connectivity index (χ3n) is 5.09. The molecule has 0 aliphatic rings. The van der Waals surface area contributed by atoms with Crippen molar-refractivity contribution < 1.29 is 19.1 Å². The molecule has 3 amide bonds. The van der Waals surface area contributed by atoms with Crippen LogP contribution in [0.4, 0.5) is 0 Å². The molecule has 0 spiro atoms. The Bertz CT molecular complexity index is 938. The largest absolute Gasteiger partial charge is 0.481 e. The Morgan fingerprint density at radius 1 is 0.839 bits per heavy atom. The number of hydrogen-bond donors (Lipinski definition) is 3. The SMILES string of the molecule is Cc1ccc(C(=O)N[C@H](C(=O)NNC(=O)C(C)Oc2cccc(C)c2C)C(C)C)cc1. The molecule has 0 aliphatic heterocycles. The van der Waals surface area contributed by atoms with Crippen molar-refractivity contribution in [2.24, 2.45) is 5.92 Å². The molecule has 0 heterocycles. The predicted octanol–water partition coefficient (Wildman–Crippen LogP) is 2.98. The summed E-state index contributed by atoms with van der Waals surface area (Å²) in [7, 11) is 0. The second kappa shape index (κ2) is 10.6. The van der Waals surface area contributed by atoms with Crippen LogP contribution in [0.1, 0.15) is 47.8 Å². The van der Waals surface area contributed by atoms with Crippen LogP contribution in [-0.2, 0) is 9.59 Å². The van der Waals surface area contributed by atoms with Crippen molar-refractivity contribution in [2.75, 3.05) is 0 Å². The molecule has 0 fully saturated rings. The lowest BCUT2D eigenvalue weighted by Crippen LogP contribution is -2.56. The first-order valence-electron chi connectivity index (χ1n) is 10.3. The van der Waals surface area contributed by atoms with Crippen molar-refractivity contribution in [3.8, 4) is 5.75 Å². The van der Waals surface area contributed by atoms with Gasteiger partial charge in [-0.2, -0.15) is 0 Å². The minimum absolute atomic E-state index is 0.185. The van der Waals surface area contributed by atoms with E-state index in [9.17, 15) is 14.4 Å². The monoisotopic (exact) mass is 425 g/mol. The van der Waals surface area contributed by atoms with Crippen LogP contribution in [0, 0.1) is 26.7 Å². The second-order valence-electron chi connectivity index (χ2n) is 8.00. The number of aryl methyl sites for hydroxylation is 2. The quantitative estimate of drug-likeness (QED) is 0.594. The molecule has 2 aromatic carbocycles. The van der Waals surface area contributed by atoms with Crippen LogP contribution in [0.25, 0.3) is 0 Å². The Morgan fingerprint density at radius 3 is 2.06 bits per heavy atom. The summed E-state index contributed by atoms with van der Waals surface area (Å²) < 4.78 is 5.73. The minimum atomic E-state index is -0.819. The van der Waals surface area contributed by atoms with Gasteiger partial charge in [0.05, 0.1) is 0 Å². The summed E-state index contributed by atoms with van der Waals surface area (Å²) in [5, 5.41) is 2.72. The Morgan fingerprint density at radius 2 is 1.45 bits per heavy atom. The Hall–Kier alpha value is -3.35. The van der Waals surface area contributed by atoms with E-state index in [0.717, 1.165) is 16.7 Å². The van der Waals surface area contributed by atoms with Gasteiger partial charge in [0.25, 0.3) is 17.7 Å². The number of benzene rings is 2. The van der Waals surface area contributed by atoms with Gasteiger partial charge in [0, 0.05) is 5.56 Å². The Balaban J connectivity index is 1.94. The zero-order chi connectivity index (χ0) is 23.1. The fourth-order valence-electron chi connectivity index (χ4n) is 2.86. The van der Waals surface area contributed by atoms with Crippen LogP contribution in [0.5, 0.6) is 5.75 Å². The van der Waals surface area contributed by atoms with Crippen LogP contribution in [0.15, 0.2) is 42.5 Å². The van der Waals surface area contributed by atoms with E-state index < -0.39 is 24.0 Å². The molecule has 2 aromatic rings. The number of ether oxygens (including phenoxy) is 1. The first-order valence-corrected chi connectivity index (χ1v) is 10.3. The minimum Gasteiger partial charge on any atom is -0.481 e. The van der Waals surface area contributed by atoms with Gasteiger partial charge in [0.15, 0.2) is 6.10 Å². The molecule has 2 atom stereocenters. The van der Waals surface area contributed by atoms with Gasteiger partial charge in [0.2, 0.25) is 0 Å². The third kappa shape index (κ3) is 6.57. The summed E-state index contributed by atoms with van der Waals surface area (Å²) in [6, 6.07) is 11.9. The van der Waals surface area contributed by atoms with Gasteiger partial charge < -0.3 is 10.1 Å². The first-order chi connectivity index (χ1) is 14.6. The van der Waals surface area contributed by atoms with Crippen LogP contribution in [0.2, 0.25) is 0 Å². The van der Waals surface area contributed by atoms with Crippen molar-refractivity contribution in [1.82, 2.24) is 16.2 Å². The smallest absolute Gasteiger partial charge is 0.279 e. The van der Waals surface area contributed by atoms with Crippen molar-refractivity contribution in [3.63, 3.8) is 0 Å². The molecule has 3 N–H and O–H groups in total. The zero-order valence-electron chi connectivity index (χ0n) is 18.9. The number of hydrazine groups is 1. The number of amides is 3. The van der Waals surface area contributed by atoms with Crippen molar-refractivity contribution in [2.45, 2.75) is 53.7 Å². The molecule has 0 bridgehead atoms. The number of hydrogen-bond acceptors (Lipinski definition) is 4. The van der Waals surface area contributed by atoms with E-state index in [1.165, 1.54) is 0 Å². The number of nitrogens with one attached hydrogen (secondary N) is 3. The summed E-state index contributed by atoms with van der Waals surface area (Å²) in [6.45, 7) is 11.0. The highest BCUT2D eigenvalue weighted by Crippen LogP contribution is 2.21. The Labute approximate surface area is 183 Å². The third-order valence-corrected chi connectivity index (χ3v) is 5.09. The molecule has 7 heteroatoms. The molecule has 166 valence electrons. The maximum atomic E-state index is 12.6. The van der Waals surface area contributed by atoms with Crippen LogP contribution in [-0.4, -0.2) is 29.9 Å². The Kier molecular flexibility index (Phi) is 8.19. The van der Waals surface area contributed by atoms with E-state index in [2.05, 4.69) is 16.2 Å². The highest BCUT2D eigenvalue weighted by atomic mass is 16.5. The molecule has 7 nitrogen and oxygen atoms in total. The molecule has 0 radical (unpaired) electrons. The maximum absolute atomic E-state index is 12.6. The predicted molar refractivity (Wildman–Crippen MR) is 120 cm³/mol. The lowest BCUT2D eigenvalue weighted by Gasteiger charge is -2.23. The van der Waals surface area contributed by atoms with E-state index in [1.807, 2.05) is 58.9 Å². The van der Waals surface area contributed by atoms with Crippen molar-refractivity contribution >= 4 is 17.7 Å². The lowest BCUT2D eigenvalue weighted by atomic mass is 10.0. The zero-order valence-corrected chi connectivity index (χ0v) is 18.9. The van der Waals surface area contributed by atoms with Crippen molar-refractivity contribution in [1.29, 1.82) is 0 Å². The van der Waals surface area contributed by atoms with Gasteiger partial charge in [-0.05, 0) is 62.9 Å². The summed E-state index contributed by atoms with van der Waals surface area (Å²) in [5.74, 6) is -0.939. The van der Waals surface area contributed by atoms with Gasteiger partial charge in [-0.15, -0.1) is 0 Å². The number of carbonyl (C=O) groups is 3. The molecular weight excluding hydrogens is 394 g/mol. The fourth-order valence-corrected chi connectivity index (χ4v) is 2.86. The van der Waals surface area contributed by atoms with Crippen LogP contribution >= 0.6 is 0 Å². The maximum Gasteiger partial charge on any atom is 0.279 e. The van der Waals surface area contributed by atoms with E-state index in [1.54, 1.807) is 25.1 Å². The molecule has 1 unspecified atom stereocenters. The van der Waals surface area contributed by atoms with Gasteiger partial charge in [-0.3, -0.25) is 25.2 Å². The number of rotatable bonds is 7. The van der Waals surface area contributed by atoms with E-state index >= 15 is 0 Å². The molecular formula is C24H31N3O4. The topological polar surface area (TPSA) is 96.5 Å². The van der Waals surface area contributed by atoms with Crippen LogP contribution < -0.4 is 20.9 Å². The highest BCUT2D eigenvalue weighted by molar-refractivity contribution is 5.98. The van der Waals surface area contributed by atoms with Crippen LogP contribution in [0.3, 0.4) is 0 Å². The average Bonchev–Trinajstić information content (AvgIpc) is 2.73. The summed E-state index contributed by atoms with van der Waals surface area (Å²) in [4.78, 5) is 37.5. The van der Waals surface area contributed by atoms with Gasteiger partial charge in [-0.1, -0.05) is 43.7 Å². The molecule has 0 aromatic heterocycles. The summed E-state index contributed by atoms with van der Waals surface area (Å²) in [6.07, 6.45) is -0.819. The standard InChI is InChI=1S/C24H31N3O4/c1-14(2)21(25-23(29)19-12-10-15(3)11-13-19)24(30)27-26-22(28)18(6)31-20-9-7-8-16(4)17(20)5/h7-14,18,21H,1-6H3,(H,25,29)(H,26,28)(H,27,30)/t18?,21-/m0/s1. The summed E-state index contributed by atoms with van der Waals surface area (Å²) >= 11 is 0. The fraction of sp³-hybridized carbons (Fsp3) is 0.375. The number of carbonyl (C=O) groups excluding carboxylic acids is 3. The van der Waals surface area contributed by atoms with Gasteiger partial charge in [0.1, 0.15) is 11.8 Å². The normalized spacial score (nSPS) is 12.6. The van der Waals surface area contributed by atoms with E-state index in [4.69, 9.17) is 4.74 Å². The second-order valence-corrected chi connectivity index (χ2v) is 8.00. The van der Waals surface area contributed by atoms with E-state index in [-0.39, 0.29) is 11.8 Å². The molecule has 0 aliphatic carbocycles. The molecule has 31 heavy (non-hydrogen) atoms.